The molecule has 0 fully saturated rings. The first-order valence-corrected chi connectivity index (χ1v) is 6.00. The van der Waals surface area contributed by atoms with Crippen LogP contribution in [0.3, 0.4) is 0 Å². The lowest BCUT2D eigenvalue weighted by Crippen LogP contribution is -2.51. The zero-order valence-electron chi connectivity index (χ0n) is 11.1. The molecule has 0 unspecified atom stereocenters. The molecule has 1 aromatic rings. The molecule has 1 rings (SSSR count). The fourth-order valence-corrected chi connectivity index (χ4v) is 1.65. The van der Waals surface area contributed by atoms with Gasteiger partial charge in [0.05, 0.1) is 0 Å². The summed E-state index contributed by atoms with van der Waals surface area (Å²) in [6.07, 6.45) is 1.35. The third kappa shape index (κ3) is 3.29. The highest BCUT2D eigenvalue weighted by molar-refractivity contribution is 6.06. The van der Waals surface area contributed by atoms with Gasteiger partial charge >= 0.3 is 5.97 Å². The third-order valence-electron chi connectivity index (χ3n) is 3.07. The monoisotopic (exact) mass is 262 g/mol. The standard InChI is InChI=1S/C15H18O4/c1-4-11(2)15(18,12(3)16)14(17)19-10-13-8-6-5-7-9-13/h4-9,11,18H,1,10H2,2-3H3/t11-,15+/m0/s1. The smallest absolute Gasteiger partial charge is 0.346 e. The number of hydrogen-bond acceptors (Lipinski definition) is 4. The highest BCUT2D eigenvalue weighted by Crippen LogP contribution is 2.22. The summed E-state index contributed by atoms with van der Waals surface area (Å²) in [7, 11) is 0. The van der Waals surface area contributed by atoms with E-state index in [9.17, 15) is 14.7 Å². The predicted octanol–water partition coefficient (Wildman–Crippen LogP) is 1.87. The molecule has 0 amide bonds. The molecule has 4 nitrogen and oxygen atoms in total. The normalized spacial score (nSPS) is 15.1. The lowest BCUT2D eigenvalue weighted by Gasteiger charge is -2.27. The van der Waals surface area contributed by atoms with Gasteiger partial charge in [-0.2, -0.15) is 0 Å². The first kappa shape index (κ1) is 15.1. The van der Waals surface area contributed by atoms with Crippen molar-refractivity contribution in [3.8, 4) is 0 Å². The first-order chi connectivity index (χ1) is 8.92. The van der Waals surface area contributed by atoms with Gasteiger partial charge in [0.1, 0.15) is 6.61 Å². The van der Waals surface area contributed by atoms with E-state index in [1.165, 1.54) is 13.0 Å². The Balaban J connectivity index is 2.79. The van der Waals surface area contributed by atoms with Crippen LogP contribution in [0.4, 0.5) is 0 Å². The lowest BCUT2D eigenvalue weighted by molar-refractivity contribution is -0.174. The first-order valence-electron chi connectivity index (χ1n) is 6.00. The maximum atomic E-state index is 11.9. The molecule has 0 saturated carbocycles. The fourth-order valence-electron chi connectivity index (χ4n) is 1.65. The molecule has 0 aliphatic carbocycles. The van der Waals surface area contributed by atoms with Crippen LogP contribution in [0.1, 0.15) is 19.4 Å². The fraction of sp³-hybridized carbons (Fsp3) is 0.333. The van der Waals surface area contributed by atoms with E-state index >= 15 is 0 Å². The Kier molecular flexibility index (Phi) is 5.01. The number of hydrogen-bond donors (Lipinski definition) is 1. The van der Waals surface area contributed by atoms with Crippen molar-refractivity contribution in [2.75, 3.05) is 0 Å². The summed E-state index contributed by atoms with van der Waals surface area (Å²) in [6.45, 7) is 6.20. The van der Waals surface area contributed by atoms with Crippen molar-refractivity contribution in [3.63, 3.8) is 0 Å². The Morgan fingerprint density at radius 1 is 1.42 bits per heavy atom. The molecule has 0 saturated heterocycles. The van der Waals surface area contributed by atoms with Gasteiger partial charge < -0.3 is 9.84 Å². The van der Waals surface area contributed by atoms with Crippen molar-refractivity contribution in [2.45, 2.75) is 26.1 Å². The van der Waals surface area contributed by atoms with Crippen LogP contribution in [0, 0.1) is 5.92 Å². The molecule has 19 heavy (non-hydrogen) atoms. The number of rotatable bonds is 6. The van der Waals surface area contributed by atoms with Gasteiger partial charge in [-0.1, -0.05) is 43.3 Å². The van der Waals surface area contributed by atoms with Crippen LogP contribution < -0.4 is 0 Å². The van der Waals surface area contributed by atoms with E-state index in [1.54, 1.807) is 12.1 Å². The molecule has 0 radical (unpaired) electrons. The van der Waals surface area contributed by atoms with E-state index in [0.717, 1.165) is 12.5 Å². The number of aliphatic hydroxyl groups is 1. The van der Waals surface area contributed by atoms with Crippen molar-refractivity contribution in [1.82, 2.24) is 0 Å². The molecule has 0 aromatic heterocycles. The second-order valence-electron chi connectivity index (χ2n) is 4.41. The third-order valence-corrected chi connectivity index (χ3v) is 3.07. The number of esters is 1. The van der Waals surface area contributed by atoms with Crippen molar-refractivity contribution in [3.05, 3.63) is 48.6 Å². The molecule has 2 atom stereocenters. The van der Waals surface area contributed by atoms with Gasteiger partial charge in [-0.3, -0.25) is 4.79 Å². The Morgan fingerprint density at radius 3 is 2.47 bits per heavy atom. The topological polar surface area (TPSA) is 63.6 Å². The maximum absolute atomic E-state index is 11.9. The van der Waals surface area contributed by atoms with E-state index in [0.29, 0.717) is 0 Å². The van der Waals surface area contributed by atoms with E-state index in [-0.39, 0.29) is 6.61 Å². The number of carbonyl (C=O) groups excluding carboxylic acids is 2. The number of benzene rings is 1. The van der Waals surface area contributed by atoms with Crippen LogP contribution in [0.2, 0.25) is 0 Å². The van der Waals surface area contributed by atoms with Crippen LogP contribution in [0.15, 0.2) is 43.0 Å². The molecule has 102 valence electrons. The van der Waals surface area contributed by atoms with E-state index in [4.69, 9.17) is 4.74 Å². The zero-order chi connectivity index (χ0) is 14.5. The Hall–Kier alpha value is -1.94. The lowest BCUT2D eigenvalue weighted by atomic mass is 9.85. The van der Waals surface area contributed by atoms with Gasteiger partial charge in [-0.25, -0.2) is 4.79 Å². The minimum Gasteiger partial charge on any atom is -0.458 e. The second kappa shape index (κ2) is 6.29. The number of carbonyl (C=O) groups is 2. The minimum absolute atomic E-state index is 0.0130. The highest BCUT2D eigenvalue weighted by Gasteiger charge is 2.46. The van der Waals surface area contributed by atoms with Gasteiger partial charge in [0.25, 0.3) is 0 Å². The van der Waals surface area contributed by atoms with Crippen LogP contribution in [0.25, 0.3) is 0 Å². The predicted molar refractivity (Wildman–Crippen MR) is 71.2 cm³/mol. The molecule has 4 heteroatoms. The Bertz CT molecular complexity index is 466. The molecule has 0 aliphatic heterocycles. The van der Waals surface area contributed by atoms with Gasteiger partial charge in [0.15, 0.2) is 5.78 Å². The summed E-state index contributed by atoms with van der Waals surface area (Å²) >= 11 is 0. The minimum atomic E-state index is -2.17. The van der Waals surface area contributed by atoms with Crippen LogP contribution in [-0.4, -0.2) is 22.5 Å². The maximum Gasteiger partial charge on any atom is 0.346 e. The van der Waals surface area contributed by atoms with Crippen molar-refractivity contribution < 1.29 is 19.4 Å². The number of Topliss-reactive ketones (excluding diaryl/α,β-unsaturated/α-hetero) is 1. The van der Waals surface area contributed by atoms with Crippen molar-refractivity contribution in [1.29, 1.82) is 0 Å². The zero-order valence-corrected chi connectivity index (χ0v) is 11.1. The summed E-state index contributed by atoms with van der Waals surface area (Å²) in [5, 5.41) is 10.2. The summed E-state index contributed by atoms with van der Waals surface area (Å²) in [4.78, 5) is 23.5. The number of ether oxygens (including phenoxy) is 1. The summed E-state index contributed by atoms with van der Waals surface area (Å²) < 4.78 is 5.02. The van der Waals surface area contributed by atoms with Crippen LogP contribution in [-0.2, 0) is 20.9 Å². The highest BCUT2D eigenvalue weighted by atomic mass is 16.6. The van der Waals surface area contributed by atoms with Gasteiger partial charge in [0, 0.05) is 5.92 Å². The average molecular weight is 262 g/mol. The van der Waals surface area contributed by atoms with Gasteiger partial charge in [-0.05, 0) is 12.5 Å². The van der Waals surface area contributed by atoms with Gasteiger partial charge in [-0.15, -0.1) is 6.58 Å². The second-order valence-corrected chi connectivity index (χ2v) is 4.41. The van der Waals surface area contributed by atoms with Gasteiger partial charge in [0.2, 0.25) is 5.60 Å². The molecular formula is C15H18O4. The Morgan fingerprint density at radius 2 is 2.00 bits per heavy atom. The van der Waals surface area contributed by atoms with E-state index < -0.39 is 23.3 Å². The summed E-state index contributed by atoms with van der Waals surface area (Å²) in [6, 6.07) is 9.05. The SMILES string of the molecule is C=C[C@H](C)[C@@](O)(C(C)=O)C(=O)OCc1ccccc1. The van der Waals surface area contributed by atoms with Crippen molar-refractivity contribution in [2.24, 2.45) is 5.92 Å². The van der Waals surface area contributed by atoms with Crippen LogP contribution >= 0.6 is 0 Å². The molecule has 0 bridgehead atoms. The Labute approximate surface area is 112 Å². The quantitative estimate of drug-likeness (QED) is 0.483. The molecule has 0 heterocycles. The molecular weight excluding hydrogens is 244 g/mol. The molecule has 1 aromatic carbocycles. The average Bonchev–Trinajstić information content (AvgIpc) is 2.43. The van der Waals surface area contributed by atoms with Crippen LogP contribution in [0.5, 0.6) is 0 Å². The number of ketones is 1. The van der Waals surface area contributed by atoms with E-state index in [1.807, 2.05) is 18.2 Å². The summed E-state index contributed by atoms with van der Waals surface area (Å²) in [5.74, 6) is -2.32. The molecule has 0 spiro atoms. The largest absolute Gasteiger partial charge is 0.458 e. The summed E-state index contributed by atoms with van der Waals surface area (Å²) in [5.41, 5.74) is -1.38. The van der Waals surface area contributed by atoms with E-state index in [2.05, 4.69) is 6.58 Å². The molecule has 0 aliphatic rings. The van der Waals surface area contributed by atoms with Crippen molar-refractivity contribution >= 4 is 11.8 Å². The molecule has 1 N–H and O–H groups in total.